The van der Waals surface area contributed by atoms with Gasteiger partial charge in [0.25, 0.3) is 0 Å². The maximum absolute atomic E-state index is 11.7. The Morgan fingerprint density at radius 2 is 2.00 bits per heavy atom. The Labute approximate surface area is 127 Å². The molecule has 0 aliphatic heterocycles. The molecule has 120 valence electrons. The van der Waals surface area contributed by atoms with Crippen molar-refractivity contribution in [3.8, 4) is 0 Å². The lowest BCUT2D eigenvalue weighted by Crippen LogP contribution is -2.46. The number of rotatable bonds is 9. The highest BCUT2D eigenvalue weighted by Crippen LogP contribution is 2.14. The highest BCUT2D eigenvalue weighted by Gasteiger charge is 2.29. The van der Waals surface area contributed by atoms with Gasteiger partial charge in [-0.15, -0.1) is 0 Å². The molecule has 2 N–H and O–H groups in total. The van der Waals surface area contributed by atoms with Crippen LogP contribution in [0.4, 0.5) is 0 Å². The molecule has 6 nitrogen and oxygen atoms in total. The minimum atomic E-state index is -0.902. The van der Waals surface area contributed by atoms with E-state index in [0.717, 1.165) is 43.9 Å². The summed E-state index contributed by atoms with van der Waals surface area (Å²) in [7, 11) is 0. The molecular weight excluding hydrogens is 268 g/mol. The van der Waals surface area contributed by atoms with E-state index in [4.69, 9.17) is 10.5 Å². The Morgan fingerprint density at radius 3 is 2.57 bits per heavy atom. The molecule has 1 atom stereocenters. The summed E-state index contributed by atoms with van der Waals surface area (Å²) in [6.45, 7) is 8.83. The van der Waals surface area contributed by atoms with Crippen LogP contribution in [0.15, 0.2) is 0 Å². The van der Waals surface area contributed by atoms with Crippen LogP contribution in [0.25, 0.3) is 0 Å². The van der Waals surface area contributed by atoms with Crippen molar-refractivity contribution >= 4 is 5.97 Å². The number of unbranched alkanes of at least 4 members (excludes halogenated alkanes) is 1. The molecule has 0 aliphatic rings. The van der Waals surface area contributed by atoms with Gasteiger partial charge in [-0.1, -0.05) is 13.8 Å². The van der Waals surface area contributed by atoms with Crippen LogP contribution < -0.4 is 5.73 Å². The monoisotopic (exact) mass is 296 g/mol. The summed E-state index contributed by atoms with van der Waals surface area (Å²) in [6.07, 6.45) is 4.12. The first-order valence-electron chi connectivity index (χ1n) is 7.83. The van der Waals surface area contributed by atoms with Crippen molar-refractivity contribution < 1.29 is 9.53 Å². The number of carbonyl (C=O) groups is 1. The molecule has 1 aromatic heterocycles. The number of hydrogen-bond donors (Lipinski definition) is 1. The summed E-state index contributed by atoms with van der Waals surface area (Å²) >= 11 is 0. The van der Waals surface area contributed by atoms with Crippen LogP contribution in [0.2, 0.25) is 0 Å². The largest absolute Gasteiger partial charge is 0.465 e. The molecule has 1 unspecified atom stereocenters. The zero-order valence-corrected chi connectivity index (χ0v) is 13.7. The van der Waals surface area contributed by atoms with Gasteiger partial charge in [-0.2, -0.15) is 5.10 Å². The van der Waals surface area contributed by atoms with E-state index in [1.807, 2.05) is 4.68 Å². The van der Waals surface area contributed by atoms with Gasteiger partial charge in [0.05, 0.1) is 6.61 Å². The predicted octanol–water partition coefficient (Wildman–Crippen LogP) is 1.85. The summed E-state index contributed by atoms with van der Waals surface area (Å²) in [6, 6.07) is 0. The van der Waals surface area contributed by atoms with Gasteiger partial charge in [-0.25, -0.2) is 9.67 Å². The zero-order valence-electron chi connectivity index (χ0n) is 13.7. The van der Waals surface area contributed by atoms with Crippen LogP contribution in [0.5, 0.6) is 0 Å². The third-order valence-corrected chi connectivity index (χ3v) is 3.48. The second-order valence-corrected chi connectivity index (χ2v) is 5.47. The van der Waals surface area contributed by atoms with Gasteiger partial charge in [0.1, 0.15) is 11.4 Å². The van der Waals surface area contributed by atoms with Crippen molar-refractivity contribution in [3.05, 3.63) is 11.6 Å². The lowest BCUT2D eigenvalue weighted by Gasteiger charge is -2.21. The first kappa shape index (κ1) is 17.6. The molecule has 0 saturated carbocycles. The molecule has 0 spiro atoms. The van der Waals surface area contributed by atoms with E-state index >= 15 is 0 Å². The Morgan fingerprint density at radius 1 is 1.29 bits per heavy atom. The van der Waals surface area contributed by atoms with E-state index in [9.17, 15) is 4.79 Å². The number of aromatic nitrogens is 3. The maximum Gasteiger partial charge on any atom is 0.325 e. The number of nitrogens with zero attached hydrogens (tertiary/aromatic N) is 3. The van der Waals surface area contributed by atoms with Crippen LogP contribution in [-0.4, -0.2) is 32.9 Å². The quantitative estimate of drug-likeness (QED) is 0.555. The van der Waals surface area contributed by atoms with E-state index in [0.29, 0.717) is 13.0 Å². The van der Waals surface area contributed by atoms with E-state index in [1.54, 1.807) is 13.8 Å². The molecule has 0 amide bonds. The highest BCUT2D eigenvalue weighted by molar-refractivity contribution is 5.79. The number of ether oxygens (including phenoxy) is 1. The first-order valence-corrected chi connectivity index (χ1v) is 7.83. The van der Waals surface area contributed by atoms with E-state index in [1.165, 1.54) is 0 Å². The third kappa shape index (κ3) is 5.12. The van der Waals surface area contributed by atoms with Gasteiger partial charge >= 0.3 is 5.97 Å². The van der Waals surface area contributed by atoms with Crippen LogP contribution in [0.1, 0.15) is 58.6 Å². The van der Waals surface area contributed by atoms with E-state index in [2.05, 4.69) is 23.9 Å². The average molecular weight is 296 g/mol. The topological polar surface area (TPSA) is 83.0 Å². The van der Waals surface area contributed by atoms with Crippen molar-refractivity contribution in [2.24, 2.45) is 5.73 Å². The highest BCUT2D eigenvalue weighted by atomic mass is 16.5. The molecule has 0 aliphatic carbocycles. The van der Waals surface area contributed by atoms with Crippen molar-refractivity contribution in [2.45, 2.75) is 71.9 Å². The second-order valence-electron chi connectivity index (χ2n) is 5.47. The molecule has 0 saturated heterocycles. The lowest BCUT2D eigenvalue weighted by atomic mass is 9.96. The summed E-state index contributed by atoms with van der Waals surface area (Å²) < 4.78 is 6.95. The molecule has 1 aromatic rings. The van der Waals surface area contributed by atoms with Crippen molar-refractivity contribution in [1.29, 1.82) is 0 Å². The van der Waals surface area contributed by atoms with E-state index < -0.39 is 5.54 Å². The minimum absolute atomic E-state index is 0.326. The molecule has 1 rings (SSSR count). The molecule has 0 aromatic carbocycles. The predicted molar refractivity (Wildman–Crippen MR) is 81.9 cm³/mol. The van der Waals surface area contributed by atoms with Gasteiger partial charge in [0.2, 0.25) is 0 Å². The number of nitrogens with two attached hydrogens (primary N) is 1. The molecular formula is C15H28N4O2. The molecule has 6 heteroatoms. The average Bonchev–Trinajstić information content (AvgIpc) is 2.86. The van der Waals surface area contributed by atoms with Gasteiger partial charge in [-0.05, 0) is 33.1 Å². The number of hydrogen-bond acceptors (Lipinski definition) is 5. The number of carbonyl (C=O) groups excluding carboxylic acids is 1. The fraction of sp³-hybridized carbons (Fsp3) is 0.800. The van der Waals surface area contributed by atoms with Gasteiger partial charge in [-0.3, -0.25) is 4.79 Å². The fourth-order valence-corrected chi connectivity index (χ4v) is 2.17. The Balaban J connectivity index is 2.43. The van der Waals surface area contributed by atoms with Crippen molar-refractivity contribution in [1.82, 2.24) is 14.8 Å². The summed E-state index contributed by atoms with van der Waals surface area (Å²) in [5.74, 6) is 1.59. The van der Waals surface area contributed by atoms with Gasteiger partial charge in [0.15, 0.2) is 5.82 Å². The zero-order chi connectivity index (χ0) is 15.9. The SMILES string of the molecule is CCOC(=O)C(C)(N)CCCCn1nc(CC)nc1CC. The minimum Gasteiger partial charge on any atom is -0.465 e. The summed E-state index contributed by atoms with van der Waals surface area (Å²) in [5, 5.41) is 4.48. The molecule has 0 fully saturated rings. The first-order chi connectivity index (χ1) is 9.94. The number of esters is 1. The van der Waals surface area contributed by atoms with Gasteiger partial charge in [0, 0.05) is 19.4 Å². The van der Waals surface area contributed by atoms with Gasteiger partial charge < -0.3 is 10.5 Å². The van der Waals surface area contributed by atoms with Crippen LogP contribution in [0, 0.1) is 0 Å². The fourth-order valence-electron chi connectivity index (χ4n) is 2.17. The van der Waals surface area contributed by atoms with Crippen LogP contribution >= 0.6 is 0 Å². The Hall–Kier alpha value is -1.43. The molecule has 1 heterocycles. The van der Waals surface area contributed by atoms with Crippen LogP contribution in [-0.2, 0) is 28.9 Å². The molecule has 0 radical (unpaired) electrons. The Bertz CT molecular complexity index is 455. The van der Waals surface area contributed by atoms with Crippen molar-refractivity contribution in [3.63, 3.8) is 0 Å². The normalized spacial score (nSPS) is 14.0. The molecule has 0 bridgehead atoms. The smallest absolute Gasteiger partial charge is 0.325 e. The maximum atomic E-state index is 11.7. The second kappa shape index (κ2) is 8.12. The number of aryl methyl sites for hydroxylation is 3. The summed E-state index contributed by atoms with van der Waals surface area (Å²) in [5.41, 5.74) is 5.10. The lowest BCUT2D eigenvalue weighted by molar-refractivity contribution is -0.149. The summed E-state index contributed by atoms with van der Waals surface area (Å²) in [4.78, 5) is 16.2. The molecule has 21 heavy (non-hydrogen) atoms. The Kier molecular flexibility index (Phi) is 6.81. The third-order valence-electron chi connectivity index (χ3n) is 3.48. The standard InChI is InChI=1S/C15H28N4O2/c1-5-12-17-13(6-2)19(18-12)11-9-8-10-15(4,16)14(20)21-7-3/h5-11,16H2,1-4H3. The van der Waals surface area contributed by atoms with Crippen LogP contribution in [0.3, 0.4) is 0 Å². The van der Waals surface area contributed by atoms with Crippen molar-refractivity contribution in [2.75, 3.05) is 6.61 Å². The van der Waals surface area contributed by atoms with E-state index in [-0.39, 0.29) is 5.97 Å².